The lowest BCUT2D eigenvalue weighted by molar-refractivity contribution is -0.200. The lowest BCUT2D eigenvalue weighted by Crippen LogP contribution is -2.46. The van der Waals surface area contributed by atoms with Crippen LogP contribution in [0.5, 0.6) is 0 Å². The maximum atomic E-state index is 12.7. The van der Waals surface area contributed by atoms with E-state index in [1.54, 1.807) is 0 Å². The molecule has 0 radical (unpaired) electrons. The molecule has 178 valence electrons. The molecule has 4 rings (SSSR count). The zero-order valence-corrected chi connectivity index (χ0v) is 19.2. The summed E-state index contributed by atoms with van der Waals surface area (Å²) in [6.07, 6.45) is -2.45. The molecule has 32 heavy (non-hydrogen) atoms. The van der Waals surface area contributed by atoms with Crippen molar-refractivity contribution in [3.8, 4) is 0 Å². The zero-order chi connectivity index (χ0) is 22.9. The minimum atomic E-state index is -4.53. The summed E-state index contributed by atoms with van der Waals surface area (Å²) in [5, 5.41) is 0.757. The highest BCUT2D eigenvalue weighted by atomic mass is 35.5. The van der Waals surface area contributed by atoms with Crippen molar-refractivity contribution in [1.82, 2.24) is 9.80 Å². The minimum Gasteiger partial charge on any atom is -0.437 e. The molecule has 3 aliphatic rings. The molecule has 3 aliphatic heterocycles. The number of benzene rings is 1. The molecular weight excluding hydrogens is 443 g/mol. The summed E-state index contributed by atoms with van der Waals surface area (Å²) in [7, 11) is 0. The van der Waals surface area contributed by atoms with E-state index in [4.69, 9.17) is 11.6 Å². The third kappa shape index (κ3) is 5.28. The molecule has 0 bridgehead atoms. The van der Waals surface area contributed by atoms with Gasteiger partial charge in [-0.1, -0.05) is 17.7 Å². The number of ether oxygens (including phenoxy) is 1. The molecule has 1 spiro atoms. The van der Waals surface area contributed by atoms with Gasteiger partial charge in [-0.05, 0) is 68.7 Å². The molecule has 3 saturated heterocycles. The van der Waals surface area contributed by atoms with E-state index in [1.807, 2.05) is 6.07 Å². The van der Waals surface area contributed by atoms with Crippen molar-refractivity contribution in [2.45, 2.75) is 57.9 Å². The molecule has 0 aromatic heterocycles. The molecule has 1 aromatic carbocycles. The van der Waals surface area contributed by atoms with Gasteiger partial charge in [0.1, 0.15) is 0 Å². The van der Waals surface area contributed by atoms with Crippen molar-refractivity contribution in [2.24, 2.45) is 5.41 Å². The van der Waals surface area contributed by atoms with Gasteiger partial charge < -0.3 is 14.5 Å². The summed E-state index contributed by atoms with van der Waals surface area (Å²) in [5.74, 6) is 0. The average Bonchev–Trinajstić information content (AvgIpc) is 3.40. The molecule has 3 heterocycles. The van der Waals surface area contributed by atoms with Gasteiger partial charge in [0, 0.05) is 50.0 Å². The van der Waals surface area contributed by atoms with Crippen LogP contribution in [0.3, 0.4) is 0 Å². The molecule has 3 fully saturated rings. The van der Waals surface area contributed by atoms with Crippen LogP contribution in [0.2, 0.25) is 5.02 Å². The second-order valence-electron chi connectivity index (χ2n) is 9.48. The number of alkyl halides is 3. The molecule has 1 amide bonds. The van der Waals surface area contributed by atoms with Gasteiger partial charge in [0.05, 0.1) is 0 Å². The van der Waals surface area contributed by atoms with Gasteiger partial charge in [-0.25, -0.2) is 4.79 Å². The highest BCUT2D eigenvalue weighted by Gasteiger charge is 2.44. The van der Waals surface area contributed by atoms with Crippen LogP contribution in [0, 0.1) is 5.41 Å². The number of likely N-dealkylation sites (tertiary alicyclic amines) is 2. The van der Waals surface area contributed by atoms with Crippen LogP contribution in [0.4, 0.5) is 23.7 Å². The normalized spacial score (nSPS) is 22.5. The third-order valence-corrected chi connectivity index (χ3v) is 7.46. The van der Waals surface area contributed by atoms with Crippen molar-refractivity contribution in [2.75, 3.05) is 44.2 Å². The van der Waals surface area contributed by atoms with E-state index < -0.39 is 18.4 Å². The average molecular weight is 474 g/mol. The van der Waals surface area contributed by atoms with Crippen molar-refractivity contribution < 1.29 is 22.7 Å². The zero-order valence-electron chi connectivity index (χ0n) is 18.5. The van der Waals surface area contributed by atoms with Crippen molar-refractivity contribution in [3.05, 3.63) is 28.8 Å². The Labute approximate surface area is 192 Å². The monoisotopic (exact) mass is 473 g/mol. The van der Waals surface area contributed by atoms with E-state index in [1.165, 1.54) is 29.0 Å². The first kappa shape index (κ1) is 23.5. The Balaban J connectivity index is 1.32. The Bertz CT molecular complexity index is 821. The number of carbonyl (C=O) groups is 1. The van der Waals surface area contributed by atoms with E-state index in [0.29, 0.717) is 13.1 Å². The fourth-order valence-corrected chi connectivity index (χ4v) is 5.36. The Morgan fingerprint density at radius 2 is 1.78 bits per heavy atom. The fraction of sp³-hybridized carbons (Fsp3) is 0.696. The van der Waals surface area contributed by atoms with E-state index in [0.717, 1.165) is 63.9 Å². The summed E-state index contributed by atoms with van der Waals surface area (Å²) in [6, 6.07) is 6.15. The van der Waals surface area contributed by atoms with Gasteiger partial charge in [-0.15, -0.1) is 0 Å². The lowest BCUT2D eigenvalue weighted by Gasteiger charge is -2.39. The lowest BCUT2D eigenvalue weighted by atomic mass is 9.78. The van der Waals surface area contributed by atoms with E-state index in [2.05, 4.69) is 26.7 Å². The van der Waals surface area contributed by atoms with Crippen LogP contribution in [-0.4, -0.2) is 67.4 Å². The van der Waals surface area contributed by atoms with Gasteiger partial charge >= 0.3 is 12.3 Å². The number of piperidine rings is 1. The first-order valence-corrected chi connectivity index (χ1v) is 11.8. The van der Waals surface area contributed by atoms with E-state index >= 15 is 0 Å². The van der Waals surface area contributed by atoms with Crippen LogP contribution < -0.4 is 4.90 Å². The maximum absolute atomic E-state index is 12.7. The van der Waals surface area contributed by atoms with Gasteiger partial charge in [0.2, 0.25) is 0 Å². The second-order valence-corrected chi connectivity index (χ2v) is 9.92. The molecule has 0 N–H and O–H groups in total. The van der Waals surface area contributed by atoms with Crippen molar-refractivity contribution >= 4 is 23.4 Å². The molecule has 1 unspecified atom stereocenters. The summed E-state index contributed by atoms with van der Waals surface area (Å²) in [4.78, 5) is 18.4. The topological polar surface area (TPSA) is 36.0 Å². The van der Waals surface area contributed by atoms with Gasteiger partial charge in [0.15, 0.2) is 6.10 Å². The van der Waals surface area contributed by atoms with Crippen LogP contribution in [-0.2, 0) is 11.3 Å². The van der Waals surface area contributed by atoms with Crippen LogP contribution in [0.25, 0.3) is 0 Å². The number of rotatable bonds is 4. The van der Waals surface area contributed by atoms with Crippen LogP contribution in [0.1, 0.15) is 44.6 Å². The maximum Gasteiger partial charge on any atom is 0.425 e. The molecule has 1 aromatic rings. The minimum absolute atomic E-state index is 0.118. The smallest absolute Gasteiger partial charge is 0.425 e. The molecule has 0 saturated carbocycles. The molecule has 5 nitrogen and oxygen atoms in total. The van der Waals surface area contributed by atoms with Gasteiger partial charge in [-0.2, -0.15) is 13.2 Å². The largest absolute Gasteiger partial charge is 0.437 e. The number of hydrogen-bond donors (Lipinski definition) is 0. The Hall–Kier alpha value is -1.67. The predicted molar refractivity (Wildman–Crippen MR) is 118 cm³/mol. The quantitative estimate of drug-likeness (QED) is 0.593. The standard InChI is InChI=1S/C23H31ClF3N3O2/c1-17(23(25,26)27)32-21(31)30-12-7-22(8-13-30)6-11-28(16-22)15-18-4-5-19(24)14-20(18)29-9-2-3-10-29/h4-5,14,17H,2-3,6-13,15-16H2,1H3. The Morgan fingerprint density at radius 1 is 1.12 bits per heavy atom. The van der Waals surface area contributed by atoms with Crippen LogP contribution >= 0.6 is 11.6 Å². The Kier molecular flexibility index (Phi) is 6.82. The van der Waals surface area contributed by atoms with Crippen molar-refractivity contribution in [3.63, 3.8) is 0 Å². The Morgan fingerprint density at radius 3 is 2.44 bits per heavy atom. The fourth-order valence-electron chi connectivity index (χ4n) is 5.19. The SMILES string of the molecule is CC(OC(=O)N1CCC2(CCN(Cc3ccc(Cl)cc3N3CCCC3)C2)CC1)C(F)(F)F. The summed E-state index contributed by atoms with van der Waals surface area (Å²) < 4.78 is 42.6. The van der Waals surface area contributed by atoms with Gasteiger partial charge in [-0.3, -0.25) is 4.90 Å². The number of anilines is 1. The molecule has 9 heteroatoms. The van der Waals surface area contributed by atoms with Gasteiger partial charge in [0.25, 0.3) is 0 Å². The first-order valence-electron chi connectivity index (χ1n) is 11.4. The summed E-state index contributed by atoms with van der Waals surface area (Å²) in [5.41, 5.74) is 2.63. The second kappa shape index (κ2) is 9.29. The molecular formula is C23H31ClF3N3O2. The predicted octanol–water partition coefficient (Wildman–Crippen LogP) is 5.32. The van der Waals surface area contributed by atoms with Crippen LogP contribution in [0.15, 0.2) is 18.2 Å². The van der Waals surface area contributed by atoms with E-state index in [9.17, 15) is 18.0 Å². The van der Waals surface area contributed by atoms with Crippen molar-refractivity contribution in [1.29, 1.82) is 0 Å². The third-order valence-electron chi connectivity index (χ3n) is 7.23. The highest BCUT2D eigenvalue weighted by Crippen LogP contribution is 2.42. The van der Waals surface area contributed by atoms with E-state index in [-0.39, 0.29) is 5.41 Å². The number of hydrogen-bond acceptors (Lipinski definition) is 4. The molecule has 0 aliphatic carbocycles. The number of carbonyl (C=O) groups excluding carboxylic acids is 1. The highest BCUT2D eigenvalue weighted by molar-refractivity contribution is 6.30. The molecule has 1 atom stereocenters. The summed E-state index contributed by atoms with van der Waals surface area (Å²) in [6.45, 7) is 6.67. The number of halogens is 4. The first-order chi connectivity index (χ1) is 15.2. The number of amides is 1. The summed E-state index contributed by atoms with van der Waals surface area (Å²) >= 11 is 6.28. The number of nitrogens with zero attached hydrogens (tertiary/aromatic N) is 3.